The molecular formula is C14H19ClF2N2O3S. The Hall–Kier alpha value is -1.25. The van der Waals surface area contributed by atoms with E-state index < -0.39 is 6.61 Å². The molecule has 1 amide bonds. The summed E-state index contributed by atoms with van der Waals surface area (Å²) in [5.41, 5.74) is 0.174. The lowest BCUT2D eigenvalue weighted by atomic mass is 10.2. The van der Waals surface area contributed by atoms with E-state index in [1.807, 2.05) is 0 Å². The van der Waals surface area contributed by atoms with Crippen LogP contribution in [0.15, 0.2) is 18.2 Å². The minimum atomic E-state index is -2.96. The molecule has 0 saturated carbocycles. The van der Waals surface area contributed by atoms with Crippen molar-refractivity contribution >= 4 is 35.8 Å². The van der Waals surface area contributed by atoms with Crippen LogP contribution in [0.5, 0.6) is 11.5 Å². The summed E-state index contributed by atoms with van der Waals surface area (Å²) in [6, 6.07) is 4.38. The molecule has 5 nitrogen and oxygen atoms in total. The van der Waals surface area contributed by atoms with Gasteiger partial charge in [0.25, 0.3) is 0 Å². The van der Waals surface area contributed by atoms with Crippen LogP contribution in [0.3, 0.4) is 0 Å². The number of hydrogen-bond acceptors (Lipinski definition) is 5. The van der Waals surface area contributed by atoms with Crippen LogP contribution in [0.1, 0.15) is 6.42 Å². The zero-order valence-electron chi connectivity index (χ0n) is 12.5. The number of carbonyl (C=O) groups is 1. The number of ether oxygens (including phenoxy) is 2. The van der Waals surface area contributed by atoms with Crippen LogP contribution in [-0.2, 0) is 4.79 Å². The molecule has 1 aliphatic heterocycles. The normalized spacial score (nSPS) is 17.3. The van der Waals surface area contributed by atoms with Crippen molar-refractivity contribution in [1.29, 1.82) is 0 Å². The number of anilines is 1. The maximum Gasteiger partial charge on any atom is 0.387 e. The highest BCUT2D eigenvalue weighted by Crippen LogP contribution is 2.30. The molecule has 1 fully saturated rings. The van der Waals surface area contributed by atoms with Crippen molar-refractivity contribution in [2.45, 2.75) is 19.1 Å². The number of nitrogens with one attached hydrogen (secondary N) is 2. The number of thioether (sulfide) groups is 1. The summed E-state index contributed by atoms with van der Waals surface area (Å²) >= 11 is 1.78. The lowest BCUT2D eigenvalue weighted by Gasteiger charge is -2.22. The lowest BCUT2D eigenvalue weighted by Crippen LogP contribution is -2.39. The number of amides is 1. The number of rotatable bonds is 6. The average molecular weight is 369 g/mol. The molecule has 0 spiro atoms. The molecule has 1 atom stereocenters. The second-order valence-corrected chi connectivity index (χ2v) is 5.87. The number of alkyl halides is 2. The lowest BCUT2D eigenvalue weighted by molar-refractivity contribution is -0.116. The molecule has 1 aliphatic rings. The number of halogens is 3. The standard InChI is InChI=1S/C14H18F2N2O3S.ClH/c1-20-10-2-3-12(21-14(15)16)11(7-10)18-13(19)6-9-8-22-5-4-17-9;/h2-3,7,9,14,17H,4-6,8H2,1H3,(H,18,19);1H. The van der Waals surface area contributed by atoms with Crippen molar-refractivity contribution in [2.75, 3.05) is 30.5 Å². The van der Waals surface area contributed by atoms with Crippen LogP contribution < -0.4 is 20.1 Å². The van der Waals surface area contributed by atoms with E-state index in [-0.39, 0.29) is 42.2 Å². The first kappa shape index (κ1) is 19.8. The first-order valence-electron chi connectivity index (χ1n) is 6.82. The zero-order valence-corrected chi connectivity index (χ0v) is 14.1. The molecule has 1 saturated heterocycles. The Morgan fingerprint density at radius 1 is 1.52 bits per heavy atom. The molecule has 130 valence electrons. The van der Waals surface area contributed by atoms with Crippen LogP contribution in [0.4, 0.5) is 14.5 Å². The summed E-state index contributed by atoms with van der Waals surface area (Å²) in [5, 5.41) is 5.86. The molecule has 1 aromatic carbocycles. The Morgan fingerprint density at radius 3 is 2.91 bits per heavy atom. The van der Waals surface area contributed by atoms with Crippen LogP contribution in [-0.4, -0.2) is 43.7 Å². The van der Waals surface area contributed by atoms with E-state index in [1.54, 1.807) is 11.8 Å². The highest BCUT2D eigenvalue weighted by atomic mass is 35.5. The molecule has 1 unspecified atom stereocenters. The molecule has 0 bridgehead atoms. The van der Waals surface area contributed by atoms with E-state index in [9.17, 15) is 13.6 Å². The van der Waals surface area contributed by atoms with E-state index in [0.717, 1.165) is 18.1 Å². The molecule has 0 aromatic heterocycles. The second kappa shape index (κ2) is 9.79. The van der Waals surface area contributed by atoms with Gasteiger partial charge in [0.15, 0.2) is 0 Å². The number of carbonyl (C=O) groups excluding carboxylic acids is 1. The molecule has 1 heterocycles. The van der Waals surface area contributed by atoms with Gasteiger partial charge in [0.2, 0.25) is 5.91 Å². The number of methoxy groups -OCH3 is 1. The van der Waals surface area contributed by atoms with Crippen LogP contribution in [0.2, 0.25) is 0 Å². The van der Waals surface area contributed by atoms with Gasteiger partial charge >= 0.3 is 6.61 Å². The Bertz CT molecular complexity index is 517. The minimum Gasteiger partial charge on any atom is -0.497 e. The summed E-state index contributed by atoms with van der Waals surface area (Å²) in [6.45, 7) is -2.10. The average Bonchev–Trinajstić information content (AvgIpc) is 2.49. The fraction of sp³-hybridized carbons (Fsp3) is 0.500. The summed E-state index contributed by atoms with van der Waals surface area (Å²) in [5.74, 6) is 1.98. The van der Waals surface area contributed by atoms with Crippen molar-refractivity contribution in [2.24, 2.45) is 0 Å². The third-order valence-corrected chi connectivity index (χ3v) is 4.24. The van der Waals surface area contributed by atoms with Gasteiger partial charge in [0.1, 0.15) is 11.5 Å². The summed E-state index contributed by atoms with van der Waals surface area (Å²) in [7, 11) is 1.46. The minimum absolute atomic E-state index is 0. The largest absolute Gasteiger partial charge is 0.497 e. The number of hydrogen-bond donors (Lipinski definition) is 2. The maximum atomic E-state index is 12.4. The van der Waals surface area contributed by atoms with Gasteiger partial charge in [0.05, 0.1) is 12.8 Å². The summed E-state index contributed by atoms with van der Waals surface area (Å²) in [6.07, 6.45) is 0.276. The van der Waals surface area contributed by atoms with Gasteiger partial charge in [0, 0.05) is 36.6 Å². The second-order valence-electron chi connectivity index (χ2n) is 4.72. The van der Waals surface area contributed by atoms with Crippen molar-refractivity contribution in [3.05, 3.63) is 18.2 Å². The fourth-order valence-electron chi connectivity index (χ4n) is 2.11. The predicted molar refractivity (Wildman–Crippen MR) is 89.2 cm³/mol. The molecular weight excluding hydrogens is 350 g/mol. The SMILES string of the molecule is COc1ccc(OC(F)F)c(NC(=O)CC2CSCCN2)c1.Cl. The van der Waals surface area contributed by atoms with Gasteiger partial charge in [-0.1, -0.05) is 0 Å². The molecule has 0 radical (unpaired) electrons. The Labute approximate surface area is 143 Å². The monoisotopic (exact) mass is 368 g/mol. The highest BCUT2D eigenvalue weighted by molar-refractivity contribution is 7.99. The van der Waals surface area contributed by atoms with Crippen LogP contribution in [0.25, 0.3) is 0 Å². The smallest absolute Gasteiger partial charge is 0.387 e. The fourth-order valence-corrected chi connectivity index (χ4v) is 3.06. The van der Waals surface area contributed by atoms with Gasteiger partial charge in [-0.25, -0.2) is 0 Å². The van der Waals surface area contributed by atoms with E-state index in [0.29, 0.717) is 5.75 Å². The molecule has 2 rings (SSSR count). The van der Waals surface area contributed by atoms with Gasteiger partial charge in [-0.3, -0.25) is 4.79 Å². The Kier molecular flexibility index (Phi) is 8.43. The van der Waals surface area contributed by atoms with Gasteiger partial charge in [-0.05, 0) is 12.1 Å². The van der Waals surface area contributed by atoms with Gasteiger partial charge in [-0.2, -0.15) is 20.5 Å². The Morgan fingerprint density at radius 2 is 2.30 bits per heavy atom. The van der Waals surface area contributed by atoms with Crippen molar-refractivity contribution in [3.8, 4) is 11.5 Å². The van der Waals surface area contributed by atoms with E-state index in [4.69, 9.17) is 4.74 Å². The highest BCUT2D eigenvalue weighted by Gasteiger charge is 2.18. The van der Waals surface area contributed by atoms with Gasteiger partial charge in [-0.15, -0.1) is 12.4 Å². The summed E-state index contributed by atoms with van der Waals surface area (Å²) < 4.78 is 34.3. The van der Waals surface area contributed by atoms with E-state index in [2.05, 4.69) is 15.4 Å². The van der Waals surface area contributed by atoms with Crippen molar-refractivity contribution in [3.63, 3.8) is 0 Å². The molecule has 9 heteroatoms. The maximum absolute atomic E-state index is 12.4. The third-order valence-electron chi connectivity index (χ3n) is 3.11. The van der Waals surface area contributed by atoms with Crippen LogP contribution >= 0.6 is 24.2 Å². The first-order valence-corrected chi connectivity index (χ1v) is 7.98. The molecule has 2 N–H and O–H groups in total. The molecule has 0 aliphatic carbocycles. The first-order chi connectivity index (χ1) is 10.6. The Balaban J connectivity index is 0.00000264. The van der Waals surface area contributed by atoms with Crippen molar-refractivity contribution < 1.29 is 23.0 Å². The van der Waals surface area contributed by atoms with Crippen molar-refractivity contribution in [1.82, 2.24) is 5.32 Å². The van der Waals surface area contributed by atoms with E-state index >= 15 is 0 Å². The quantitative estimate of drug-likeness (QED) is 0.808. The molecule has 1 aromatic rings. The van der Waals surface area contributed by atoms with Gasteiger partial charge < -0.3 is 20.1 Å². The summed E-state index contributed by atoms with van der Waals surface area (Å²) in [4.78, 5) is 12.1. The van der Waals surface area contributed by atoms with E-state index in [1.165, 1.54) is 25.3 Å². The third kappa shape index (κ3) is 6.40. The predicted octanol–water partition coefficient (Wildman–Crippen LogP) is 2.75. The van der Waals surface area contributed by atoms with Crippen LogP contribution in [0, 0.1) is 0 Å². The molecule has 23 heavy (non-hydrogen) atoms. The number of benzene rings is 1. The zero-order chi connectivity index (χ0) is 15.9. The topological polar surface area (TPSA) is 59.6 Å².